The Bertz CT molecular complexity index is 1490. The van der Waals surface area contributed by atoms with Gasteiger partial charge in [0.25, 0.3) is 0 Å². The van der Waals surface area contributed by atoms with E-state index < -0.39 is 11.6 Å². The van der Waals surface area contributed by atoms with Gasteiger partial charge < -0.3 is 0 Å². The van der Waals surface area contributed by atoms with Crippen molar-refractivity contribution in [3.63, 3.8) is 0 Å². The van der Waals surface area contributed by atoms with Crippen molar-refractivity contribution in [1.82, 2.24) is 0 Å². The molecule has 0 aliphatic carbocycles. The summed E-state index contributed by atoms with van der Waals surface area (Å²) in [5.74, 6) is 10.9. The average Bonchev–Trinajstić information content (AvgIpc) is 2.85. The van der Waals surface area contributed by atoms with Crippen LogP contribution in [0.15, 0.2) is 84.9 Å². The Kier molecular flexibility index (Phi) is 7.44. The normalized spacial score (nSPS) is 10.6. The average molecular weight is 467 g/mol. The van der Waals surface area contributed by atoms with Gasteiger partial charge >= 0.3 is 0 Å². The predicted octanol–water partition coefficient (Wildman–Crippen LogP) is 8.08. The zero-order chi connectivity index (χ0) is 23.9. The molecule has 4 aromatic rings. The Morgan fingerprint density at radius 3 is 2.21 bits per heavy atom. The molecule has 4 rings (SSSR count). The fraction of sp³-hybridized carbons (Fsp3) is 0.0968. The van der Waals surface area contributed by atoms with Crippen LogP contribution in [0.1, 0.15) is 41.2 Å². The van der Waals surface area contributed by atoms with Crippen LogP contribution in [0.3, 0.4) is 0 Å². The Balaban J connectivity index is 1.53. The van der Waals surface area contributed by atoms with Gasteiger partial charge in [-0.05, 0) is 79.2 Å². The Morgan fingerprint density at radius 1 is 0.765 bits per heavy atom. The summed E-state index contributed by atoms with van der Waals surface area (Å²) in [4.78, 5) is 0. The summed E-state index contributed by atoms with van der Waals surface area (Å²) < 4.78 is 28.6. The zero-order valence-corrected chi connectivity index (χ0v) is 19.4. The fourth-order valence-corrected chi connectivity index (χ4v) is 3.61. The van der Waals surface area contributed by atoms with Crippen LogP contribution in [0.5, 0.6) is 0 Å². The minimum atomic E-state index is -0.554. The van der Waals surface area contributed by atoms with E-state index in [2.05, 4.69) is 48.0 Å². The van der Waals surface area contributed by atoms with E-state index >= 15 is 4.39 Å². The molecule has 0 spiro atoms. The smallest absolute Gasteiger partial charge is 0.146 e. The molecule has 0 saturated heterocycles. The maximum atomic E-state index is 15.0. The van der Waals surface area contributed by atoms with Crippen LogP contribution in [-0.4, -0.2) is 0 Å². The molecule has 34 heavy (non-hydrogen) atoms. The lowest BCUT2D eigenvalue weighted by atomic mass is 10.0. The van der Waals surface area contributed by atoms with Crippen molar-refractivity contribution in [2.24, 2.45) is 0 Å². The summed E-state index contributed by atoms with van der Waals surface area (Å²) in [7, 11) is 0. The highest BCUT2D eigenvalue weighted by molar-refractivity contribution is 6.30. The summed E-state index contributed by atoms with van der Waals surface area (Å²) in [5.41, 5.74) is 3.70. The van der Waals surface area contributed by atoms with Gasteiger partial charge in [-0.1, -0.05) is 71.7 Å². The zero-order valence-electron chi connectivity index (χ0n) is 18.6. The number of benzene rings is 4. The molecule has 0 aliphatic rings. The van der Waals surface area contributed by atoms with Gasteiger partial charge in [0.15, 0.2) is 0 Å². The van der Waals surface area contributed by atoms with Crippen molar-refractivity contribution in [2.75, 3.05) is 0 Å². The van der Waals surface area contributed by atoms with E-state index in [0.717, 1.165) is 29.4 Å². The van der Waals surface area contributed by atoms with Crippen LogP contribution in [0, 0.1) is 35.3 Å². The van der Waals surface area contributed by atoms with Crippen LogP contribution in [0.2, 0.25) is 5.02 Å². The van der Waals surface area contributed by atoms with Crippen LogP contribution < -0.4 is 0 Å². The first-order chi connectivity index (χ1) is 16.5. The van der Waals surface area contributed by atoms with E-state index in [0.29, 0.717) is 10.9 Å². The van der Waals surface area contributed by atoms with E-state index in [9.17, 15) is 4.39 Å². The van der Waals surface area contributed by atoms with Crippen LogP contribution in [-0.2, 0) is 6.42 Å². The highest BCUT2D eigenvalue weighted by Gasteiger charge is 2.06. The third kappa shape index (κ3) is 5.74. The molecule has 0 atom stereocenters. The lowest BCUT2D eigenvalue weighted by molar-refractivity contribution is 0.628. The molecule has 0 aliphatic heterocycles. The molecule has 0 nitrogen and oxygen atoms in total. The number of aryl methyl sites for hydroxylation is 1. The van der Waals surface area contributed by atoms with E-state index in [1.807, 2.05) is 31.2 Å². The van der Waals surface area contributed by atoms with E-state index in [4.69, 9.17) is 11.6 Å². The van der Waals surface area contributed by atoms with Crippen molar-refractivity contribution in [1.29, 1.82) is 0 Å². The topological polar surface area (TPSA) is 0 Å². The lowest BCUT2D eigenvalue weighted by Crippen LogP contribution is -1.88. The molecule has 0 heterocycles. The maximum Gasteiger partial charge on any atom is 0.146 e. The second kappa shape index (κ2) is 10.8. The molecule has 0 bridgehead atoms. The molecule has 166 valence electrons. The van der Waals surface area contributed by atoms with E-state index in [1.165, 1.54) is 17.7 Å². The lowest BCUT2D eigenvalue weighted by Gasteiger charge is -2.03. The highest BCUT2D eigenvalue weighted by Crippen LogP contribution is 2.22. The third-order valence-corrected chi connectivity index (χ3v) is 5.66. The van der Waals surface area contributed by atoms with Crippen LogP contribution in [0.25, 0.3) is 10.8 Å². The molecule has 0 aromatic heterocycles. The van der Waals surface area contributed by atoms with Gasteiger partial charge in [-0.25, -0.2) is 8.78 Å². The van der Waals surface area contributed by atoms with Gasteiger partial charge in [-0.15, -0.1) is 0 Å². The third-order valence-electron chi connectivity index (χ3n) is 5.36. The number of allylic oxidation sites excluding steroid dienone is 2. The van der Waals surface area contributed by atoms with Crippen LogP contribution >= 0.6 is 11.6 Å². The van der Waals surface area contributed by atoms with Crippen molar-refractivity contribution in [3.05, 3.63) is 129 Å². The highest BCUT2D eigenvalue weighted by atomic mass is 35.5. The second-order valence-corrected chi connectivity index (χ2v) is 8.20. The summed E-state index contributed by atoms with van der Waals surface area (Å²) in [6.45, 7) is 2.03. The molecule has 3 heteroatoms. The summed E-state index contributed by atoms with van der Waals surface area (Å²) >= 11 is 5.69. The first-order valence-corrected chi connectivity index (χ1v) is 11.3. The fourth-order valence-electron chi connectivity index (χ4n) is 3.50. The predicted molar refractivity (Wildman–Crippen MR) is 137 cm³/mol. The number of hydrogen-bond donors (Lipinski definition) is 0. The summed E-state index contributed by atoms with van der Waals surface area (Å²) in [5, 5.41) is 1.23. The molecule has 0 amide bonds. The Hall–Kier alpha value is -3.85. The number of fused-ring (bicyclic) bond motifs is 1. The van der Waals surface area contributed by atoms with Gasteiger partial charge in [0, 0.05) is 22.1 Å². The standard InChI is InChI=1S/C31H21ClF2/c1-2-3-4-5-22-6-8-23(9-7-22)10-11-24-13-18-28-27(20-24)17-16-26(31(28)34)15-12-25-14-19-29(32)30(33)21-25/h2-3,6-9,13-14,16-21H,4-5H2,1H3/b3-2+. The molecule has 0 unspecified atom stereocenters. The minimum absolute atomic E-state index is 0.0263. The van der Waals surface area contributed by atoms with Crippen molar-refractivity contribution >= 4 is 22.4 Å². The molecular formula is C31H21ClF2. The molecule has 0 radical (unpaired) electrons. The second-order valence-electron chi connectivity index (χ2n) is 7.80. The van der Waals surface area contributed by atoms with Crippen molar-refractivity contribution < 1.29 is 8.78 Å². The van der Waals surface area contributed by atoms with Gasteiger partial charge in [-0.3, -0.25) is 0 Å². The largest absolute Gasteiger partial charge is 0.205 e. The van der Waals surface area contributed by atoms with Crippen molar-refractivity contribution in [3.8, 4) is 23.7 Å². The number of halogens is 3. The summed E-state index contributed by atoms with van der Waals surface area (Å²) in [6, 6.07) is 21.3. The van der Waals surface area contributed by atoms with Gasteiger partial charge in [-0.2, -0.15) is 0 Å². The van der Waals surface area contributed by atoms with Gasteiger partial charge in [0.05, 0.1) is 10.6 Å². The van der Waals surface area contributed by atoms with Gasteiger partial charge in [0.1, 0.15) is 11.6 Å². The molecule has 0 N–H and O–H groups in total. The molecule has 0 saturated carbocycles. The van der Waals surface area contributed by atoms with Crippen LogP contribution in [0.4, 0.5) is 8.78 Å². The summed E-state index contributed by atoms with van der Waals surface area (Å²) in [6.07, 6.45) is 6.26. The Morgan fingerprint density at radius 2 is 1.44 bits per heavy atom. The number of hydrogen-bond acceptors (Lipinski definition) is 0. The van der Waals surface area contributed by atoms with E-state index in [-0.39, 0.29) is 10.6 Å². The monoisotopic (exact) mass is 466 g/mol. The van der Waals surface area contributed by atoms with Gasteiger partial charge in [0.2, 0.25) is 0 Å². The quantitative estimate of drug-likeness (QED) is 0.211. The first kappa shape index (κ1) is 23.3. The molecular weight excluding hydrogens is 446 g/mol. The maximum absolute atomic E-state index is 15.0. The van der Waals surface area contributed by atoms with E-state index in [1.54, 1.807) is 24.3 Å². The Labute approximate surface area is 203 Å². The SMILES string of the molecule is C/C=C/CCc1ccc(C#Cc2ccc3c(F)c(C#Cc4ccc(Cl)c(F)c4)ccc3c2)cc1. The minimum Gasteiger partial charge on any atom is -0.205 e. The molecule has 0 fully saturated rings. The van der Waals surface area contributed by atoms with Crippen molar-refractivity contribution in [2.45, 2.75) is 19.8 Å². The number of rotatable bonds is 3. The molecule has 4 aromatic carbocycles. The first-order valence-electron chi connectivity index (χ1n) is 10.9.